The van der Waals surface area contributed by atoms with Crippen LogP contribution in [0.4, 0.5) is 0 Å². The fourth-order valence-corrected chi connectivity index (χ4v) is 6.63. The quantitative estimate of drug-likeness (QED) is 0.167. The van der Waals surface area contributed by atoms with E-state index in [4.69, 9.17) is 21.1 Å². The lowest BCUT2D eigenvalue weighted by atomic mass is 9.96. The summed E-state index contributed by atoms with van der Waals surface area (Å²) >= 11 is 7.60. The minimum Gasteiger partial charge on any atom is -0.454 e. The first-order valence-electron chi connectivity index (χ1n) is 13.5. The van der Waals surface area contributed by atoms with Gasteiger partial charge < -0.3 is 14.4 Å². The lowest BCUT2D eigenvalue weighted by Gasteiger charge is -2.20. The molecule has 0 saturated carbocycles. The van der Waals surface area contributed by atoms with Gasteiger partial charge in [0.25, 0.3) is 0 Å². The summed E-state index contributed by atoms with van der Waals surface area (Å²) in [5.74, 6) is 2.53. The summed E-state index contributed by atoms with van der Waals surface area (Å²) in [6.07, 6.45) is 6.13. The Hall–Kier alpha value is -1.88. The van der Waals surface area contributed by atoms with E-state index in [9.17, 15) is 0 Å². The van der Waals surface area contributed by atoms with Crippen LogP contribution in [-0.2, 0) is 18.2 Å². The van der Waals surface area contributed by atoms with Crippen LogP contribution in [0.15, 0.2) is 53.4 Å². The Morgan fingerprint density at radius 3 is 2.42 bits per heavy atom. The average Bonchev–Trinajstić information content (AvgIpc) is 3.32. The Labute approximate surface area is 226 Å². The second-order valence-electron chi connectivity index (χ2n) is 10.1. The summed E-state index contributed by atoms with van der Waals surface area (Å²) in [7, 11) is 0. The zero-order valence-corrected chi connectivity index (χ0v) is 23.9. The maximum absolute atomic E-state index is 6.20. The first kappa shape index (κ1) is 27.2. The molecule has 3 aromatic carbocycles. The van der Waals surface area contributed by atoms with Gasteiger partial charge in [0.05, 0.1) is 0 Å². The third kappa shape index (κ3) is 7.34. The van der Waals surface area contributed by atoms with Crippen LogP contribution in [0.1, 0.15) is 57.6 Å². The van der Waals surface area contributed by atoms with Crippen molar-refractivity contribution < 1.29 is 9.47 Å². The van der Waals surface area contributed by atoms with E-state index in [1.807, 2.05) is 12.1 Å². The normalized spacial score (nSPS) is 14.5. The van der Waals surface area contributed by atoms with Crippen molar-refractivity contribution in [1.82, 2.24) is 4.90 Å². The van der Waals surface area contributed by atoms with Crippen LogP contribution in [0.5, 0.6) is 11.5 Å². The smallest absolute Gasteiger partial charge is 0.231 e. The summed E-state index contributed by atoms with van der Waals surface area (Å²) in [6, 6.07) is 17.3. The average molecular weight is 527 g/mol. The molecule has 2 atom stereocenters. The van der Waals surface area contributed by atoms with E-state index in [0.717, 1.165) is 41.9 Å². The number of thiol groups is 1. The van der Waals surface area contributed by atoms with Crippen LogP contribution in [-0.4, -0.2) is 36.6 Å². The minimum absolute atomic E-state index is 0.326. The summed E-state index contributed by atoms with van der Waals surface area (Å²) in [5, 5.41) is 3.81. The van der Waals surface area contributed by atoms with Gasteiger partial charge in [0.15, 0.2) is 16.4 Å². The monoisotopic (exact) mass is 526 g/mol. The van der Waals surface area contributed by atoms with Crippen molar-refractivity contribution in [1.29, 1.82) is 0 Å². The van der Waals surface area contributed by atoms with Crippen LogP contribution < -0.4 is 9.47 Å². The molecule has 2 unspecified atom stereocenters. The third-order valence-electron chi connectivity index (χ3n) is 7.47. The number of aryl methyl sites for hydroxylation is 1. The molecule has 0 N–H and O–H groups in total. The highest BCUT2D eigenvalue weighted by molar-refractivity contribution is 7.79. The van der Waals surface area contributed by atoms with Crippen LogP contribution in [0.25, 0.3) is 10.8 Å². The Morgan fingerprint density at radius 2 is 1.64 bits per heavy atom. The maximum atomic E-state index is 6.20. The minimum atomic E-state index is 0.326. The predicted molar refractivity (Wildman–Crippen MR) is 156 cm³/mol. The topological polar surface area (TPSA) is 21.7 Å². The van der Waals surface area contributed by atoms with Gasteiger partial charge in [-0.2, -0.15) is 0 Å². The zero-order valence-electron chi connectivity index (χ0n) is 22.2. The van der Waals surface area contributed by atoms with Crippen molar-refractivity contribution in [3.63, 3.8) is 0 Å². The Kier molecular flexibility index (Phi) is 9.87. The van der Waals surface area contributed by atoms with E-state index in [2.05, 4.69) is 69.0 Å². The van der Waals surface area contributed by atoms with Crippen molar-refractivity contribution in [3.05, 3.63) is 64.7 Å². The molecule has 0 saturated heterocycles. The summed E-state index contributed by atoms with van der Waals surface area (Å²) < 4.78 is 11.3. The second-order valence-corrected chi connectivity index (χ2v) is 12.1. The first-order valence-corrected chi connectivity index (χ1v) is 14.8. The van der Waals surface area contributed by atoms with Gasteiger partial charge in [0, 0.05) is 29.3 Å². The predicted octanol–water partition coefficient (Wildman–Crippen LogP) is 7.85. The molecule has 4 rings (SSSR count). The molecule has 1 aliphatic heterocycles. The molecule has 0 bridgehead atoms. The maximum Gasteiger partial charge on any atom is 0.231 e. The largest absolute Gasteiger partial charge is 0.454 e. The molecular weight excluding hydrogens is 486 g/mol. The van der Waals surface area contributed by atoms with Gasteiger partial charge in [-0.15, -0.1) is 0 Å². The number of hydrogen-bond acceptors (Lipinski definition) is 3. The van der Waals surface area contributed by atoms with Crippen LogP contribution >= 0.6 is 11.6 Å². The fraction of sp³-hybridized carbons (Fsp3) is 0.484. The summed E-state index contributed by atoms with van der Waals surface area (Å²) in [6.45, 7) is 13.0. The fourth-order valence-electron chi connectivity index (χ4n) is 5.06. The van der Waals surface area contributed by atoms with Crippen molar-refractivity contribution in [3.8, 4) is 11.5 Å². The van der Waals surface area contributed by atoms with E-state index in [1.54, 1.807) is 0 Å². The van der Waals surface area contributed by atoms with Crippen LogP contribution in [0.3, 0.4) is 0 Å². The van der Waals surface area contributed by atoms with Gasteiger partial charge in [0.1, 0.15) is 5.25 Å². The van der Waals surface area contributed by atoms with Crippen LogP contribution in [0.2, 0.25) is 5.02 Å². The van der Waals surface area contributed by atoms with Crippen molar-refractivity contribution in [2.24, 2.45) is 5.92 Å². The van der Waals surface area contributed by atoms with Gasteiger partial charge >= 0.3 is 0 Å². The van der Waals surface area contributed by atoms with Gasteiger partial charge in [-0.25, -0.2) is 0 Å². The molecule has 3 nitrogen and oxygen atoms in total. The zero-order chi connectivity index (χ0) is 25.5. The summed E-state index contributed by atoms with van der Waals surface area (Å²) in [5.41, 5.74) is 2.67. The lowest BCUT2D eigenvalue weighted by molar-refractivity contribution is 0.174. The van der Waals surface area contributed by atoms with E-state index >= 15 is 0 Å². The van der Waals surface area contributed by atoms with Gasteiger partial charge in [-0.05, 0) is 110 Å². The molecule has 0 aromatic heterocycles. The molecule has 1 aliphatic rings. The molecule has 3 aromatic rings. The van der Waals surface area contributed by atoms with Gasteiger partial charge in [-0.3, -0.25) is 0 Å². The van der Waals surface area contributed by atoms with Crippen LogP contribution in [0, 0.1) is 12.8 Å². The highest BCUT2D eigenvalue weighted by Crippen LogP contribution is 2.36. The molecule has 5 heteroatoms. The highest BCUT2D eigenvalue weighted by atomic mass is 35.5. The van der Waals surface area contributed by atoms with E-state index < -0.39 is 0 Å². The standard InChI is InChI=1S/C31H40ClNO2S/c1-5-33(6-2)15-14-22(3)8-7-9-28(19-26-20-31-30(16-23(26)4)34-21-35-31)36-29-13-11-24-17-27(32)12-10-25(24)18-29/h10-13,16-18,20,22,28H,5-9,14-15,19,21H2,1-4H3/p+1. The van der Waals surface area contributed by atoms with Crippen molar-refractivity contribution in [2.75, 3.05) is 26.4 Å². The van der Waals surface area contributed by atoms with E-state index in [0.29, 0.717) is 12.0 Å². The molecule has 0 amide bonds. The molecule has 36 heavy (non-hydrogen) atoms. The molecule has 0 spiro atoms. The second kappa shape index (κ2) is 13.1. The van der Waals surface area contributed by atoms with Crippen molar-refractivity contribution >= 4 is 34.1 Å². The first-order chi connectivity index (χ1) is 17.4. The number of rotatable bonds is 13. The SMILES string of the molecule is CCN(CC)CCC(C)CCCC(Cc1cc2c(cc1C)OCO2)[SH+]c1ccc2cc(Cl)ccc2c1. The summed E-state index contributed by atoms with van der Waals surface area (Å²) in [4.78, 5) is 3.91. The third-order valence-corrected chi connectivity index (χ3v) is 9.09. The number of fused-ring (bicyclic) bond motifs is 2. The molecule has 0 aliphatic carbocycles. The molecular formula is C31H41ClNO2S+. The van der Waals surface area contributed by atoms with E-state index in [-0.39, 0.29) is 0 Å². The molecule has 0 fully saturated rings. The number of benzene rings is 3. The Bertz CT molecular complexity index is 1150. The number of nitrogens with zero attached hydrogens (tertiary/aromatic N) is 1. The number of ether oxygens (including phenoxy) is 2. The lowest BCUT2D eigenvalue weighted by Crippen LogP contribution is -2.25. The Morgan fingerprint density at radius 1 is 0.917 bits per heavy atom. The molecule has 0 radical (unpaired) electrons. The van der Waals surface area contributed by atoms with E-state index in [1.165, 1.54) is 70.8 Å². The molecule has 1 heterocycles. The number of hydrogen-bond donors (Lipinski definition) is 0. The van der Waals surface area contributed by atoms with Gasteiger partial charge in [-0.1, -0.05) is 44.9 Å². The highest BCUT2D eigenvalue weighted by Gasteiger charge is 2.23. The van der Waals surface area contributed by atoms with Gasteiger partial charge in [0.2, 0.25) is 6.79 Å². The Balaban J connectivity index is 1.44. The van der Waals surface area contributed by atoms with Crippen molar-refractivity contribution in [2.45, 2.75) is 69.9 Å². The number of halogens is 1. The molecule has 194 valence electrons.